The third-order valence-corrected chi connectivity index (χ3v) is 5.16. The van der Waals surface area contributed by atoms with Crippen LogP contribution in [0.1, 0.15) is 66.2 Å². The van der Waals surface area contributed by atoms with E-state index < -0.39 is 0 Å². The van der Waals surface area contributed by atoms with E-state index in [0.29, 0.717) is 10.8 Å². The van der Waals surface area contributed by atoms with Gasteiger partial charge >= 0.3 is 0 Å². The van der Waals surface area contributed by atoms with Gasteiger partial charge in [-0.05, 0) is 67.7 Å². The van der Waals surface area contributed by atoms with Gasteiger partial charge < -0.3 is 5.32 Å². The summed E-state index contributed by atoms with van der Waals surface area (Å²) in [4.78, 5) is 0. The van der Waals surface area contributed by atoms with Gasteiger partial charge in [0.25, 0.3) is 0 Å². The lowest BCUT2D eigenvalue weighted by atomic mass is 9.70. The Morgan fingerprint density at radius 1 is 1.06 bits per heavy atom. The second-order valence-corrected chi connectivity index (χ2v) is 8.03. The van der Waals surface area contributed by atoms with Crippen molar-refractivity contribution < 1.29 is 0 Å². The normalized spacial score (nSPS) is 32.5. The summed E-state index contributed by atoms with van der Waals surface area (Å²) in [5.41, 5.74) is 1.20. The van der Waals surface area contributed by atoms with Crippen LogP contribution in [0.3, 0.4) is 0 Å². The van der Waals surface area contributed by atoms with Gasteiger partial charge in [-0.2, -0.15) is 0 Å². The molecule has 0 atom stereocenters. The smallest absolute Gasteiger partial charge is 0.000528 e. The van der Waals surface area contributed by atoms with E-state index in [1.165, 1.54) is 51.6 Å². The van der Waals surface area contributed by atoms with Crippen molar-refractivity contribution in [2.75, 3.05) is 13.1 Å². The zero-order valence-corrected chi connectivity index (χ0v) is 12.3. The van der Waals surface area contributed by atoms with E-state index in [0.717, 1.165) is 11.8 Å². The Labute approximate surface area is 108 Å². The highest BCUT2D eigenvalue weighted by molar-refractivity contribution is 4.90. The minimum absolute atomic E-state index is 0.528. The zero-order valence-electron chi connectivity index (χ0n) is 12.3. The molecule has 0 aromatic rings. The monoisotopic (exact) mass is 237 g/mol. The van der Waals surface area contributed by atoms with E-state index in [1.807, 2.05) is 0 Å². The number of nitrogens with one attached hydrogen (secondary N) is 1. The fourth-order valence-corrected chi connectivity index (χ4v) is 3.20. The summed E-state index contributed by atoms with van der Waals surface area (Å²) >= 11 is 0. The molecule has 0 heterocycles. The highest BCUT2D eigenvalue weighted by Crippen LogP contribution is 2.44. The summed E-state index contributed by atoms with van der Waals surface area (Å²) in [6.45, 7) is 12.2. The van der Waals surface area contributed by atoms with Crippen molar-refractivity contribution in [1.82, 2.24) is 5.32 Å². The van der Waals surface area contributed by atoms with Crippen LogP contribution in [-0.4, -0.2) is 13.1 Å². The highest BCUT2D eigenvalue weighted by Gasteiger charge is 2.36. The van der Waals surface area contributed by atoms with Crippen molar-refractivity contribution in [1.29, 1.82) is 0 Å². The topological polar surface area (TPSA) is 12.0 Å². The van der Waals surface area contributed by atoms with Gasteiger partial charge in [-0.3, -0.25) is 0 Å². The molecule has 2 fully saturated rings. The second-order valence-electron chi connectivity index (χ2n) is 8.03. The lowest BCUT2D eigenvalue weighted by molar-refractivity contribution is 0.148. The molecule has 2 rings (SSSR count). The third-order valence-electron chi connectivity index (χ3n) is 5.16. The summed E-state index contributed by atoms with van der Waals surface area (Å²) in [6, 6.07) is 0. The first-order chi connectivity index (χ1) is 7.89. The van der Waals surface area contributed by atoms with E-state index in [-0.39, 0.29) is 0 Å². The summed E-state index contributed by atoms with van der Waals surface area (Å²) < 4.78 is 0. The Hall–Kier alpha value is -0.0400. The largest absolute Gasteiger partial charge is 0.316 e. The molecule has 1 nitrogen and oxygen atoms in total. The van der Waals surface area contributed by atoms with Crippen LogP contribution in [0.25, 0.3) is 0 Å². The SMILES string of the molecule is CC1(CNCC2CCC(C(C)(C)C)CC2)CC1. The summed E-state index contributed by atoms with van der Waals surface area (Å²) in [6.07, 6.45) is 8.69. The molecule has 0 spiro atoms. The minimum atomic E-state index is 0.528. The highest BCUT2D eigenvalue weighted by atomic mass is 14.9. The first-order valence-corrected chi connectivity index (χ1v) is 7.60. The molecule has 17 heavy (non-hydrogen) atoms. The van der Waals surface area contributed by atoms with Gasteiger partial charge in [-0.15, -0.1) is 0 Å². The van der Waals surface area contributed by atoms with Gasteiger partial charge in [-0.25, -0.2) is 0 Å². The average molecular weight is 237 g/mol. The van der Waals surface area contributed by atoms with Crippen molar-refractivity contribution in [2.45, 2.75) is 66.2 Å². The molecule has 0 aromatic carbocycles. The predicted octanol–water partition coefficient (Wildman–Crippen LogP) is 4.23. The van der Waals surface area contributed by atoms with Gasteiger partial charge in [0.1, 0.15) is 0 Å². The van der Waals surface area contributed by atoms with Crippen LogP contribution in [-0.2, 0) is 0 Å². The van der Waals surface area contributed by atoms with E-state index in [4.69, 9.17) is 0 Å². The number of hydrogen-bond acceptors (Lipinski definition) is 1. The van der Waals surface area contributed by atoms with E-state index in [2.05, 4.69) is 33.0 Å². The van der Waals surface area contributed by atoms with Crippen LogP contribution < -0.4 is 5.32 Å². The summed E-state index contributed by atoms with van der Waals surface area (Å²) in [5.74, 6) is 1.91. The molecule has 0 bridgehead atoms. The van der Waals surface area contributed by atoms with Gasteiger partial charge in [-0.1, -0.05) is 27.7 Å². The molecule has 0 saturated heterocycles. The van der Waals surface area contributed by atoms with Crippen LogP contribution in [0.5, 0.6) is 0 Å². The lowest BCUT2D eigenvalue weighted by Crippen LogP contribution is -2.32. The molecule has 0 amide bonds. The van der Waals surface area contributed by atoms with E-state index in [1.54, 1.807) is 0 Å². The molecule has 0 aliphatic heterocycles. The van der Waals surface area contributed by atoms with Crippen LogP contribution in [0.15, 0.2) is 0 Å². The Bertz CT molecular complexity index is 236. The van der Waals surface area contributed by atoms with Gasteiger partial charge in [0, 0.05) is 6.54 Å². The molecule has 0 aromatic heterocycles. The maximum atomic E-state index is 3.71. The van der Waals surface area contributed by atoms with Crippen molar-refractivity contribution in [3.8, 4) is 0 Å². The Morgan fingerprint density at radius 3 is 2.12 bits per heavy atom. The quantitative estimate of drug-likeness (QED) is 0.771. The van der Waals surface area contributed by atoms with Crippen LogP contribution in [0, 0.1) is 22.7 Å². The molecule has 2 aliphatic rings. The standard InChI is InChI=1S/C16H31N/c1-15(2,3)14-7-5-13(6-8-14)11-17-12-16(4)9-10-16/h13-14,17H,5-12H2,1-4H3. The summed E-state index contributed by atoms with van der Waals surface area (Å²) in [7, 11) is 0. The van der Waals surface area contributed by atoms with Crippen molar-refractivity contribution in [3.63, 3.8) is 0 Å². The first-order valence-electron chi connectivity index (χ1n) is 7.60. The van der Waals surface area contributed by atoms with Crippen LogP contribution in [0.4, 0.5) is 0 Å². The van der Waals surface area contributed by atoms with Gasteiger partial charge in [0.15, 0.2) is 0 Å². The molecule has 0 radical (unpaired) electrons. The van der Waals surface area contributed by atoms with Crippen molar-refractivity contribution in [2.24, 2.45) is 22.7 Å². The molecule has 2 saturated carbocycles. The molecule has 2 aliphatic carbocycles. The fraction of sp³-hybridized carbons (Fsp3) is 1.00. The Balaban J connectivity index is 1.62. The third kappa shape index (κ3) is 3.98. The predicted molar refractivity (Wildman–Crippen MR) is 75.1 cm³/mol. The second kappa shape index (κ2) is 4.91. The lowest BCUT2D eigenvalue weighted by Gasteiger charge is -2.37. The van der Waals surface area contributed by atoms with Crippen LogP contribution >= 0.6 is 0 Å². The molecular formula is C16H31N. The zero-order chi connectivity index (χ0) is 12.5. The molecule has 1 N–H and O–H groups in total. The fourth-order valence-electron chi connectivity index (χ4n) is 3.20. The molecular weight excluding hydrogens is 206 g/mol. The molecule has 1 heteroatoms. The van der Waals surface area contributed by atoms with Crippen LogP contribution in [0.2, 0.25) is 0 Å². The van der Waals surface area contributed by atoms with Crippen molar-refractivity contribution >= 4 is 0 Å². The van der Waals surface area contributed by atoms with Gasteiger partial charge in [0.2, 0.25) is 0 Å². The van der Waals surface area contributed by atoms with E-state index in [9.17, 15) is 0 Å². The maximum absolute atomic E-state index is 3.71. The number of hydrogen-bond donors (Lipinski definition) is 1. The molecule has 0 unspecified atom stereocenters. The van der Waals surface area contributed by atoms with Crippen molar-refractivity contribution in [3.05, 3.63) is 0 Å². The Kier molecular flexibility index (Phi) is 3.87. The summed E-state index contributed by atoms with van der Waals surface area (Å²) in [5, 5.41) is 3.71. The van der Waals surface area contributed by atoms with E-state index >= 15 is 0 Å². The number of rotatable bonds is 4. The maximum Gasteiger partial charge on any atom is 0.000528 e. The Morgan fingerprint density at radius 2 is 1.65 bits per heavy atom. The average Bonchev–Trinajstić information content (AvgIpc) is 2.96. The van der Waals surface area contributed by atoms with Gasteiger partial charge in [0.05, 0.1) is 0 Å². The minimum Gasteiger partial charge on any atom is -0.316 e. The first kappa shape index (κ1) is 13.4. The molecule has 100 valence electrons.